The van der Waals surface area contributed by atoms with Crippen LogP contribution in [0.1, 0.15) is 45.4 Å². The van der Waals surface area contributed by atoms with E-state index < -0.39 is 18.0 Å². The van der Waals surface area contributed by atoms with Gasteiger partial charge in [0.2, 0.25) is 0 Å². The van der Waals surface area contributed by atoms with Crippen molar-refractivity contribution >= 4 is 29.9 Å². The van der Waals surface area contributed by atoms with Crippen molar-refractivity contribution in [1.29, 1.82) is 0 Å². The van der Waals surface area contributed by atoms with E-state index in [1.54, 1.807) is 18.1 Å². The highest BCUT2D eigenvalue weighted by Gasteiger charge is 2.43. The van der Waals surface area contributed by atoms with E-state index >= 15 is 0 Å². The average molecular weight is 397 g/mol. The van der Waals surface area contributed by atoms with Crippen LogP contribution in [0.5, 0.6) is 0 Å². The molecule has 0 amide bonds. The Morgan fingerprint density at radius 1 is 1.37 bits per heavy atom. The molecule has 0 spiro atoms. The van der Waals surface area contributed by atoms with Crippen LogP contribution in [-0.2, 0) is 4.79 Å². The van der Waals surface area contributed by atoms with E-state index in [1.807, 2.05) is 0 Å². The van der Waals surface area contributed by atoms with E-state index in [9.17, 15) is 15.0 Å². The number of carboxylic acids is 1. The highest BCUT2D eigenvalue weighted by Crippen LogP contribution is 2.35. The van der Waals surface area contributed by atoms with Crippen molar-refractivity contribution in [3.05, 3.63) is 0 Å². The Balaban J connectivity index is 1.75. The van der Waals surface area contributed by atoms with Gasteiger partial charge in [0.25, 0.3) is 0 Å². The number of thioether (sulfide) groups is 1. The third-order valence-electron chi connectivity index (χ3n) is 6.21. The van der Waals surface area contributed by atoms with Gasteiger partial charge in [-0.3, -0.25) is 14.8 Å². The van der Waals surface area contributed by atoms with Crippen LogP contribution in [0.3, 0.4) is 0 Å². The lowest BCUT2D eigenvalue weighted by atomic mass is 9.85. The summed E-state index contributed by atoms with van der Waals surface area (Å²) >= 11 is 1.69. The number of amidine groups is 1. The molecule has 4 atom stereocenters. The lowest BCUT2D eigenvalue weighted by Gasteiger charge is -2.37. The van der Waals surface area contributed by atoms with Crippen LogP contribution in [0.15, 0.2) is 9.98 Å². The van der Waals surface area contributed by atoms with Crippen LogP contribution < -0.4 is 5.32 Å². The van der Waals surface area contributed by atoms with Crippen LogP contribution in [0, 0.1) is 11.8 Å². The van der Waals surface area contributed by atoms with Gasteiger partial charge in [-0.25, -0.2) is 0 Å². The van der Waals surface area contributed by atoms with E-state index in [-0.39, 0.29) is 17.3 Å². The molecule has 7 nitrogen and oxygen atoms in total. The summed E-state index contributed by atoms with van der Waals surface area (Å²) in [6, 6.07) is 0.853. The zero-order valence-corrected chi connectivity index (χ0v) is 17.1. The molecule has 2 heterocycles. The van der Waals surface area contributed by atoms with Crippen LogP contribution in [-0.4, -0.2) is 76.2 Å². The normalized spacial score (nSPS) is 38.7. The summed E-state index contributed by atoms with van der Waals surface area (Å²) in [6.07, 6.45) is 6.29. The highest BCUT2D eigenvalue weighted by atomic mass is 32.2. The van der Waals surface area contributed by atoms with Gasteiger partial charge in [0.1, 0.15) is 11.2 Å². The summed E-state index contributed by atoms with van der Waals surface area (Å²) in [5.41, 5.74) is 0. The van der Waals surface area contributed by atoms with Gasteiger partial charge >= 0.3 is 5.97 Å². The fraction of sp³-hybridized carbons (Fsp3) is 0.842. The van der Waals surface area contributed by atoms with Gasteiger partial charge in [0.15, 0.2) is 0 Å². The molecule has 0 aromatic heterocycles. The molecule has 2 aliphatic heterocycles. The molecule has 152 valence electrons. The van der Waals surface area contributed by atoms with Crippen LogP contribution in [0.25, 0.3) is 0 Å². The third kappa shape index (κ3) is 4.84. The number of hydrogen-bond donors (Lipinski definition) is 3. The first-order valence-electron chi connectivity index (χ1n) is 10.1. The average Bonchev–Trinajstić information content (AvgIpc) is 2.65. The summed E-state index contributed by atoms with van der Waals surface area (Å²) in [6.45, 7) is 3.25. The molecular formula is C19H32N4O3S. The lowest BCUT2D eigenvalue weighted by Crippen LogP contribution is -2.51. The van der Waals surface area contributed by atoms with Crippen molar-refractivity contribution < 1.29 is 15.0 Å². The van der Waals surface area contributed by atoms with E-state index in [4.69, 9.17) is 4.99 Å². The number of aliphatic hydroxyl groups excluding tert-OH is 1. The lowest BCUT2D eigenvalue weighted by molar-refractivity contribution is -0.147. The standard InChI is InChI=1S/C19H32N4O3S/c1-3-23(2)13-8-6-12(7-9-13)22-17-15-16(24)14(19(25)26)5-4-10-27-18(15)21-11-20-17/h11-16,18,24H,3-10H2,1-2H3,(H,25,26)(H,20,21,22). The minimum Gasteiger partial charge on any atom is -0.481 e. The molecule has 1 saturated carbocycles. The fourth-order valence-corrected chi connectivity index (χ4v) is 5.60. The number of hydrogen-bond acceptors (Lipinski definition) is 6. The highest BCUT2D eigenvalue weighted by molar-refractivity contribution is 7.99. The number of carboxylic acid groups (broad SMARTS) is 1. The van der Waals surface area contributed by atoms with E-state index in [1.165, 1.54) is 0 Å². The second-order valence-electron chi connectivity index (χ2n) is 7.84. The van der Waals surface area contributed by atoms with Crippen molar-refractivity contribution in [3.63, 3.8) is 0 Å². The monoisotopic (exact) mass is 396 g/mol. The molecule has 4 unspecified atom stereocenters. The fourth-order valence-electron chi connectivity index (χ4n) is 4.38. The smallest absolute Gasteiger partial charge is 0.309 e. The maximum atomic E-state index is 11.7. The predicted octanol–water partition coefficient (Wildman–Crippen LogP) is 1.81. The Morgan fingerprint density at radius 2 is 2.11 bits per heavy atom. The summed E-state index contributed by atoms with van der Waals surface area (Å²) < 4.78 is 0. The molecule has 0 aromatic rings. The van der Waals surface area contributed by atoms with Crippen LogP contribution in [0.2, 0.25) is 0 Å². The Hall–Kier alpha value is -1.12. The maximum Gasteiger partial charge on any atom is 0.309 e. The van der Waals surface area contributed by atoms with Gasteiger partial charge in [0.05, 0.1) is 30.3 Å². The zero-order valence-electron chi connectivity index (χ0n) is 16.3. The van der Waals surface area contributed by atoms with E-state index in [0.29, 0.717) is 12.5 Å². The Morgan fingerprint density at radius 3 is 2.78 bits per heavy atom. The molecule has 3 N–H and O–H groups in total. The number of nitrogens with one attached hydrogen (secondary N) is 1. The second kappa shape index (κ2) is 9.39. The van der Waals surface area contributed by atoms with Crippen molar-refractivity contribution in [2.24, 2.45) is 21.8 Å². The molecular weight excluding hydrogens is 364 g/mol. The number of aliphatic imine (C=N–C) groups is 2. The van der Waals surface area contributed by atoms with Gasteiger partial charge in [-0.2, -0.15) is 0 Å². The quantitative estimate of drug-likeness (QED) is 0.670. The third-order valence-corrected chi connectivity index (χ3v) is 7.49. The molecule has 8 heteroatoms. The van der Waals surface area contributed by atoms with Gasteiger partial charge in [-0.15, -0.1) is 11.8 Å². The number of aliphatic carboxylic acids is 1. The first kappa shape index (κ1) is 20.6. The summed E-state index contributed by atoms with van der Waals surface area (Å²) in [5.74, 6) is -0.484. The first-order valence-corrected chi connectivity index (χ1v) is 11.1. The van der Waals surface area contributed by atoms with Crippen molar-refractivity contribution in [1.82, 2.24) is 10.2 Å². The maximum absolute atomic E-state index is 11.7. The van der Waals surface area contributed by atoms with E-state index in [0.717, 1.165) is 50.2 Å². The minimum absolute atomic E-state index is 0.162. The van der Waals surface area contributed by atoms with Gasteiger partial charge < -0.3 is 20.4 Å². The summed E-state index contributed by atoms with van der Waals surface area (Å²) in [4.78, 5) is 23.5. The zero-order chi connectivity index (χ0) is 19.4. The number of fused-ring (bicyclic) bond motifs is 1. The van der Waals surface area contributed by atoms with E-state index in [2.05, 4.69) is 29.2 Å². The van der Waals surface area contributed by atoms with Gasteiger partial charge in [0, 0.05) is 6.04 Å². The summed E-state index contributed by atoms with van der Waals surface area (Å²) in [5, 5.41) is 23.4. The largest absolute Gasteiger partial charge is 0.481 e. The topological polar surface area (TPSA) is 97.5 Å². The number of carbonyl (C=O) groups is 1. The number of rotatable bonds is 4. The molecule has 3 rings (SSSR count). The van der Waals surface area contributed by atoms with Crippen molar-refractivity contribution in [2.45, 2.75) is 69.0 Å². The molecule has 0 aromatic carbocycles. The minimum atomic E-state index is -0.966. The molecule has 0 radical (unpaired) electrons. The van der Waals surface area contributed by atoms with Gasteiger partial charge in [-0.1, -0.05) is 6.92 Å². The predicted molar refractivity (Wildman–Crippen MR) is 110 cm³/mol. The molecule has 0 bridgehead atoms. The Kier molecular flexibility index (Phi) is 7.16. The van der Waals surface area contributed by atoms with Crippen molar-refractivity contribution in [3.8, 4) is 0 Å². The molecule has 27 heavy (non-hydrogen) atoms. The Bertz CT molecular complexity index is 577. The Labute approximate surface area is 165 Å². The second-order valence-corrected chi connectivity index (χ2v) is 9.06. The molecule has 1 aliphatic carbocycles. The SMILES string of the molecule is CCN(C)C1CCC(N=C2NC=NC3SCCCC(C(=O)O)C(O)C23)CC1. The van der Waals surface area contributed by atoms with Gasteiger partial charge in [-0.05, 0) is 57.9 Å². The number of aliphatic hydroxyl groups is 1. The number of nitrogens with zero attached hydrogens (tertiary/aromatic N) is 3. The summed E-state index contributed by atoms with van der Waals surface area (Å²) in [7, 11) is 2.18. The van der Waals surface area contributed by atoms with Crippen LogP contribution in [0.4, 0.5) is 0 Å². The molecule has 3 aliphatic rings. The van der Waals surface area contributed by atoms with Crippen LogP contribution >= 0.6 is 11.8 Å². The van der Waals surface area contributed by atoms with Crippen molar-refractivity contribution in [2.75, 3.05) is 19.3 Å². The molecule has 1 saturated heterocycles. The molecule has 2 fully saturated rings. The first-order chi connectivity index (χ1) is 13.0.